The number of hydrogen-bond donors (Lipinski definition) is 0. The summed E-state index contributed by atoms with van der Waals surface area (Å²) in [7, 11) is 2.98. The molecular weight excluding hydrogens is 456 g/mol. The molecule has 1 atom stereocenters. The maximum absolute atomic E-state index is 14.3. The monoisotopic (exact) mass is 475 g/mol. The third-order valence-electron chi connectivity index (χ3n) is 4.73. The topological polar surface area (TPSA) is 44.8 Å². The molecular formula is C24H20ClF2NO3S. The van der Waals surface area contributed by atoms with Crippen LogP contribution < -0.4 is 13.8 Å². The number of hydrogen-bond acceptors (Lipinski definition) is 4. The highest BCUT2D eigenvalue weighted by Crippen LogP contribution is 2.35. The van der Waals surface area contributed by atoms with Gasteiger partial charge in [0.2, 0.25) is 0 Å². The molecule has 166 valence electrons. The molecule has 0 amide bonds. The van der Waals surface area contributed by atoms with Crippen molar-refractivity contribution in [1.29, 1.82) is 0 Å². The van der Waals surface area contributed by atoms with E-state index in [9.17, 15) is 13.3 Å². The first-order chi connectivity index (χ1) is 15.4. The number of rotatable bonds is 8. The molecule has 0 heterocycles. The first-order valence-electron chi connectivity index (χ1n) is 9.45. The van der Waals surface area contributed by atoms with Crippen molar-refractivity contribution >= 4 is 28.7 Å². The van der Waals surface area contributed by atoms with Crippen LogP contribution >= 0.6 is 11.6 Å². The summed E-state index contributed by atoms with van der Waals surface area (Å²) in [4.78, 5) is 0.413. The summed E-state index contributed by atoms with van der Waals surface area (Å²) >= 11 is 4.41. The van der Waals surface area contributed by atoms with Gasteiger partial charge in [-0.3, -0.25) is 0 Å². The molecule has 0 N–H and O–H groups in total. The molecule has 0 aromatic heterocycles. The Hall–Kier alpha value is -2.92. The van der Waals surface area contributed by atoms with Gasteiger partial charge in [-0.2, -0.15) is 4.31 Å². The zero-order valence-corrected chi connectivity index (χ0v) is 19.0. The van der Waals surface area contributed by atoms with E-state index in [0.717, 1.165) is 0 Å². The van der Waals surface area contributed by atoms with Crippen LogP contribution in [0.2, 0.25) is 5.02 Å². The van der Waals surface area contributed by atoms with Crippen molar-refractivity contribution in [2.75, 3.05) is 25.1 Å². The van der Waals surface area contributed by atoms with Crippen LogP contribution in [-0.4, -0.2) is 25.3 Å². The van der Waals surface area contributed by atoms with Gasteiger partial charge in [0.1, 0.15) is 29.5 Å². The zero-order chi connectivity index (χ0) is 23.3. The van der Waals surface area contributed by atoms with E-state index >= 15 is 0 Å². The summed E-state index contributed by atoms with van der Waals surface area (Å²) in [5, 5.41) is 0.373. The average molecular weight is 476 g/mol. The molecule has 4 nitrogen and oxygen atoms in total. The molecule has 0 fully saturated rings. The third kappa shape index (κ3) is 5.10. The first-order valence-corrected chi connectivity index (χ1v) is 10.9. The predicted molar refractivity (Wildman–Crippen MR) is 123 cm³/mol. The van der Waals surface area contributed by atoms with Gasteiger partial charge in [-0.05, 0) is 48.0 Å². The van der Waals surface area contributed by atoms with Gasteiger partial charge in [0.05, 0.1) is 19.9 Å². The molecule has 0 aliphatic rings. The fourth-order valence-electron chi connectivity index (χ4n) is 3.20. The Morgan fingerprint density at radius 2 is 1.72 bits per heavy atom. The Labute approximate surface area is 194 Å². The van der Waals surface area contributed by atoms with Crippen LogP contribution in [-0.2, 0) is 17.8 Å². The number of ether oxygens (including phenoxy) is 2. The number of benzene rings is 3. The summed E-state index contributed by atoms with van der Waals surface area (Å²) in [5.74, 6) is 2.02. The standard InChI is InChI=1S/C24H20ClF2NO3S/c1-4-12-28(32(29)18-9-11-23(30-2)24(15-18)31-3)22-10-8-17(25)13-16(22)14-19-20(26)6-5-7-21(19)27/h1,5-11,13,15H,12,14H2,2-3H3. The second-order valence-corrected chi connectivity index (χ2v) is 8.50. The van der Waals surface area contributed by atoms with Crippen LogP contribution in [0, 0.1) is 24.0 Å². The summed E-state index contributed by atoms with van der Waals surface area (Å²) < 4.78 is 54.1. The highest BCUT2D eigenvalue weighted by atomic mass is 35.5. The quantitative estimate of drug-likeness (QED) is 0.324. The predicted octanol–water partition coefficient (Wildman–Crippen LogP) is 5.39. The van der Waals surface area contributed by atoms with Gasteiger partial charge in [-0.25, -0.2) is 8.78 Å². The number of anilines is 1. The molecule has 0 saturated carbocycles. The molecule has 0 radical (unpaired) electrons. The lowest BCUT2D eigenvalue weighted by molar-refractivity contribution is 0.354. The fraction of sp³-hybridized carbons (Fsp3) is 0.167. The van der Waals surface area contributed by atoms with Crippen molar-refractivity contribution in [3.05, 3.63) is 82.4 Å². The van der Waals surface area contributed by atoms with Crippen LogP contribution in [0.15, 0.2) is 59.5 Å². The average Bonchev–Trinajstić information content (AvgIpc) is 2.79. The molecule has 32 heavy (non-hydrogen) atoms. The van der Waals surface area contributed by atoms with E-state index < -0.39 is 23.0 Å². The maximum atomic E-state index is 14.3. The number of halogens is 3. The van der Waals surface area contributed by atoms with Gasteiger partial charge in [0, 0.05) is 23.1 Å². The molecule has 0 saturated heterocycles. The van der Waals surface area contributed by atoms with Crippen molar-refractivity contribution in [3.63, 3.8) is 0 Å². The van der Waals surface area contributed by atoms with Crippen molar-refractivity contribution in [2.24, 2.45) is 0 Å². The Balaban J connectivity index is 2.06. The van der Waals surface area contributed by atoms with Gasteiger partial charge in [-0.1, -0.05) is 23.6 Å². The van der Waals surface area contributed by atoms with Crippen LogP contribution in [0.5, 0.6) is 11.5 Å². The Morgan fingerprint density at radius 1 is 1.03 bits per heavy atom. The molecule has 1 unspecified atom stereocenters. The second-order valence-electron chi connectivity index (χ2n) is 6.66. The Morgan fingerprint density at radius 3 is 2.34 bits per heavy atom. The largest absolute Gasteiger partial charge is 0.588 e. The number of methoxy groups -OCH3 is 2. The Kier molecular flexibility index (Phi) is 7.86. The molecule has 0 bridgehead atoms. The van der Waals surface area contributed by atoms with Crippen molar-refractivity contribution < 1.29 is 22.8 Å². The van der Waals surface area contributed by atoms with E-state index in [2.05, 4.69) is 5.92 Å². The highest BCUT2D eigenvalue weighted by Gasteiger charge is 2.27. The first kappa shape index (κ1) is 23.7. The lowest BCUT2D eigenvalue weighted by atomic mass is 10.0. The van der Waals surface area contributed by atoms with E-state index in [0.29, 0.717) is 32.7 Å². The second kappa shape index (κ2) is 10.6. The number of terminal acetylenes is 1. The van der Waals surface area contributed by atoms with E-state index in [4.69, 9.17) is 27.5 Å². The smallest absolute Gasteiger partial charge is 0.184 e. The Bertz CT molecular complexity index is 1130. The van der Waals surface area contributed by atoms with E-state index in [1.54, 1.807) is 36.4 Å². The van der Waals surface area contributed by atoms with Gasteiger partial charge in [0.25, 0.3) is 0 Å². The maximum Gasteiger partial charge on any atom is 0.184 e. The molecule has 0 spiro atoms. The van der Waals surface area contributed by atoms with E-state index in [1.165, 1.54) is 36.7 Å². The molecule has 0 aliphatic carbocycles. The SMILES string of the molecule is C#CCN(c1ccc(Cl)cc1Cc1c(F)cccc1F)[S+]([O-])c1ccc(OC)c(OC)c1. The fourth-order valence-corrected chi connectivity index (χ4v) is 4.59. The van der Waals surface area contributed by atoms with Crippen molar-refractivity contribution in [1.82, 2.24) is 0 Å². The summed E-state index contributed by atoms with van der Waals surface area (Å²) in [6, 6.07) is 13.3. The van der Waals surface area contributed by atoms with Crippen LogP contribution in [0.25, 0.3) is 0 Å². The molecule has 3 rings (SSSR count). The molecule has 3 aromatic rings. The normalized spacial score (nSPS) is 11.5. The van der Waals surface area contributed by atoms with Gasteiger partial charge in [-0.15, -0.1) is 6.42 Å². The van der Waals surface area contributed by atoms with Crippen LogP contribution in [0.1, 0.15) is 11.1 Å². The van der Waals surface area contributed by atoms with Crippen molar-refractivity contribution in [3.8, 4) is 23.8 Å². The molecule has 0 aliphatic heterocycles. The zero-order valence-electron chi connectivity index (χ0n) is 17.4. The van der Waals surface area contributed by atoms with Gasteiger partial charge >= 0.3 is 0 Å². The van der Waals surface area contributed by atoms with Crippen molar-refractivity contribution in [2.45, 2.75) is 11.3 Å². The summed E-state index contributed by atoms with van der Waals surface area (Å²) in [6.07, 6.45) is 5.45. The van der Waals surface area contributed by atoms with Crippen LogP contribution in [0.4, 0.5) is 14.5 Å². The van der Waals surface area contributed by atoms with Gasteiger partial charge in [0.15, 0.2) is 16.4 Å². The molecule has 3 aromatic carbocycles. The third-order valence-corrected chi connectivity index (χ3v) is 6.35. The summed E-state index contributed by atoms with van der Waals surface area (Å²) in [6.45, 7) is -0.0185. The van der Waals surface area contributed by atoms with Gasteiger partial charge < -0.3 is 14.0 Å². The van der Waals surface area contributed by atoms with E-state index in [-0.39, 0.29) is 18.5 Å². The lowest BCUT2D eigenvalue weighted by Gasteiger charge is -2.26. The highest BCUT2D eigenvalue weighted by molar-refractivity contribution is 7.92. The van der Waals surface area contributed by atoms with E-state index in [1.807, 2.05) is 0 Å². The minimum absolute atomic E-state index is 0.0185. The minimum Gasteiger partial charge on any atom is -0.588 e. The summed E-state index contributed by atoms with van der Waals surface area (Å²) in [5.41, 5.74) is 0.808. The lowest BCUT2D eigenvalue weighted by Crippen LogP contribution is -2.32. The minimum atomic E-state index is -1.76. The van der Waals surface area contributed by atoms with Crippen LogP contribution in [0.3, 0.4) is 0 Å². The number of nitrogens with zero attached hydrogens (tertiary/aromatic N) is 1. The molecule has 8 heteroatoms.